The topological polar surface area (TPSA) is 54.5 Å². The van der Waals surface area contributed by atoms with Crippen molar-refractivity contribution in [3.05, 3.63) is 106 Å². The zero-order chi connectivity index (χ0) is 20.6. The summed E-state index contributed by atoms with van der Waals surface area (Å²) >= 11 is 5.92. The molecule has 0 saturated heterocycles. The Labute approximate surface area is 175 Å². The molecule has 146 valence electrons. The van der Waals surface area contributed by atoms with Crippen LogP contribution in [0.15, 0.2) is 89.5 Å². The van der Waals surface area contributed by atoms with Crippen molar-refractivity contribution in [1.82, 2.24) is 0 Å². The highest BCUT2D eigenvalue weighted by molar-refractivity contribution is 7.93. The molecule has 1 aliphatic heterocycles. The third-order valence-electron chi connectivity index (χ3n) is 4.86. The number of fused-ring (bicyclic) bond motifs is 1. The van der Waals surface area contributed by atoms with Gasteiger partial charge in [0.05, 0.1) is 10.6 Å². The minimum Gasteiger partial charge on any atom is -0.289 e. The molecule has 0 amide bonds. The highest BCUT2D eigenvalue weighted by Gasteiger charge is 2.30. The number of Topliss-reactive ketones (excluding diaryl/α,β-unsaturated/α-hetero) is 1. The van der Waals surface area contributed by atoms with E-state index in [1.807, 2.05) is 19.1 Å². The van der Waals surface area contributed by atoms with Gasteiger partial charge in [0, 0.05) is 28.8 Å². The monoisotopic (exact) mass is 423 g/mol. The maximum Gasteiger partial charge on any atom is 0.268 e. The van der Waals surface area contributed by atoms with E-state index >= 15 is 0 Å². The van der Waals surface area contributed by atoms with Crippen LogP contribution in [0.5, 0.6) is 0 Å². The molecule has 0 aliphatic carbocycles. The van der Waals surface area contributed by atoms with Crippen molar-refractivity contribution in [3.8, 4) is 0 Å². The molecule has 0 radical (unpaired) electrons. The number of hydrogen-bond acceptors (Lipinski definition) is 3. The smallest absolute Gasteiger partial charge is 0.268 e. The molecular weight excluding hydrogens is 406 g/mol. The molecule has 3 aromatic carbocycles. The van der Waals surface area contributed by atoms with Crippen LogP contribution >= 0.6 is 11.6 Å². The number of nitrogens with zero attached hydrogens (tertiary/aromatic N) is 1. The lowest BCUT2D eigenvalue weighted by atomic mass is 9.95. The molecule has 0 N–H and O–H groups in total. The van der Waals surface area contributed by atoms with Gasteiger partial charge in [-0.3, -0.25) is 4.79 Å². The van der Waals surface area contributed by atoms with Gasteiger partial charge in [0.15, 0.2) is 5.78 Å². The van der Waals surface area contributed by atoms with Crippen molar-refractivity contribution >= 4 is 33.1 Å². The quantitative estimate of drug-likeness (QED) is 0.544. The third kappa shape index (κ3) is 3.71. The summed E-state index contributed by atoms with van der Waals surface area (Å²) in [4.78, 5) is 13.2. The fourth-order valence-corrected chi connectivity index (χ4v) is 4.82. The maximum atomic E-state index is 13.4. The van der Waals surface area contributed by atoms with E-state index in [1.54, 1.807) is 60.7 Å². The first-order valence-electron chi connectivity index (χ1n) is 9.06. The number of carbonyl (C=O) groups excluding carboxylic acids is 1. The number of allylic oxidation sites excluding steroid dienone is 1. The largest absolute Gasteiger partial charge is 0.289 e. The van der Waals surface area contributed by atoms with Crippen molar-refractivity contribution in [2.75, 3.05) is 4.31 Å². The average molecular weight is 424 g/mol. The number of hydrogen-bond donors (Lipinski definition) is 0. The summed E-state index contributed by atoms with van der Waals surface area (Å²) in [6, 6.07) is 20.5. The molecule has 4 rings (SSSR count). The fourth-order valence-electron chi connectivity index (χ4n) is 3.29. The molecule has 3 aromatic rings. The van der Waals surface area contributed by atoms with Gasteiger partial charge in [0.1, 0.15) is 0 Å². The molecule has 29 heavy (non-hydrogen) atoms. The number of ketones is 1. The van der Waals surface area contributed by atoms with Gasteiger partial charge in [-0.2, -0.15) is 0 Å². The number of sulfonamides is 1. The standard InChI is InChI=1S/C23H18ClNO3S/c1-16-6-12-21(13-7-16)29(27,28)25-15-19(14-18-4-2-3-5-22(18)25)23(26)17-8-10-20(24)11-9-17/h2-13,15H,14H2,1H3. The van der Waals surface area contributed by atoms with Gasteiger partial charge >= 0.3 is 0 Å². The molecule has 0 aromatic heterocycles. The molecule has 0 atom stereocenters. The predicted octanol–water partition coefficient (Wildman–Crippen LogP) is 5.17. The van der Waals surface area contributed by atoms with Crippen molar-refractivity contribution in [1.29, 1.82) is 0 Å². The van der Waals surface area contributed by atoms with Crippen molar-refractivity contribution in [3.63, 3.8) is 0 Å². The Bertz CT molecular complexity index is 1210. The predicted molar refractivity (Wildman–Crippen MR) is 115 cm³/mol. The van der Waals surface area contributed by atoms with E-state index in [1.165, 1.54) is 10.5 Å². The average Bonchev–Trinajstić information content (AvgIpc) is 2.73. The second-order valence-electron chi connectivity index (χ2n) is 6.91. The number of para-hydroxylation sites is 1. The zero-order valence-electron chi connectivity index (χ0n) is 15.7. The Morgan fingerprint density at radius 2 is 1.59 bits per heavy atom. The van der Waals surface area contributed by atoms with Gasteiger partial charge in [-0.25, -0.2) is 12.7 Å². The Kier molecular flexibility index (Phi) is 5.03. The molecule has 0 bridgehead atoms. The lowest BCUT2D eigenvalue weighted by Crippen LogP contribution is -2.31. The van der Waals surface area contributed by atoms with Gasteiger partial charge in [-0.1, -0.05) is 47.5 Å². The van der Waals surface area contributed by atoms with Crippen LogP contribution in [0, 0.1) is 6.92 Å². The molecule has 1 heterocycles. The fraction of sp³-hybridized carbons (Fsp3) is 0.0870. The molecule has 0 fully saturated rings. The van der Waals surface area contributed by atoms with E-state index in [0.717, 1.165) is 11.1 Å². The third-order valence-corrected chi connectivity index (χ3v) is 6.80. The minimum atomic E-state index is -3.86. The van der Waals surface area contributed by atoms with Gasteiger partial charge < -0.3 is 0 Å². The number of rotatable bonds is 4. The van der Waals surface area contributed by atoms with E-state index in [9.17, 15) is 13.2 Å². The SMILES string of the molecule is Cc1ccc(S(=O)(=O)N2C=C(C(=O)c3ccc(Cl)cc3)Cc3ccccc32)cc1. The van der Waals surface area contributed by atoms with Gasteiger partial charge in [0.2, 0.25) is 0 Å². The summed E-state index contributed by atoms with van der Waals surface area (Å²) in [7, 11) is -3.86. The molecule has 0 saturated carbocycles. The highest BCUT2D eigenvalue weighted by atomic mass is 35.5. The lowest BCUT2D eigenvalue weighted by molar-refractivity contribution is 0.103. The van der Waals surface area contributed by atoms with Crippen LogP contribution < -0.4 is 4.31 Å². The maximum absolute atomic E-state index is 13.4. The van der Waals surface area contributed by atoms with E-state index in [-0.39, 0.29) is 10.7 Å². The molecular formula is C23H18ClNO3S. The van der Waals surface area contributed by atoms with Crippen LogP contribution in [0.25, 0.3) is 0 Å². The van der Waals surface area contributed by atoms with E-state index < -0.39 is 10.0 Å². The van der Waals surface area contributed by atoms with E-state index in [4.69, 9.17) is 11.6 Å². The van der Waals surface area contributed by atoms with Crippen LogP contribution in [0.1, 0.15) is 21.5 Å². The van der Waals surface area contributed by atoms with Crippen LogP contribution in [-0.2, 0) is 16.4 Å². The summed E-state index contributed by atoms with van der Waals surface area (Å²) in [5.74, 6) is -0.222. The zero-order valence-corrected chi connectivity index (χ0v) is 17.2. The van der Waals surface area contributed by atoms with Gasteiger partial charge in [-0.15, -0.1) is 0 Å². The Morgan fingerprint density at radius 3 is 2.28 bits per heavy atom. The first-order chi connectivity index (χ1) is 13.9. The number of benzene rings is 3. The van der Waals surface area contributed by atoms with Gasteiger partial charge in [-0.05, 0) is 55.0 Å². The molecule has 6 heteroatoms. The minimum absolute atomic E-state index is 0.175. The lowest BCUT2D eigenvalue weighted by Gasteiger charge is -2.28. The highest BCUT2D eigenvalue weighted by Crippen LogP contribution is 2.34. The summed E-state index contributed by atoms with van der Waals surface area (Å²) < 4.78 is 27.9. The number of halogens is 1. The second kappa shape index (κ2) is 7.50. The number of aryl methyl sites for hydroxylation is 1. The number of carbonyl (C=O) groups is 1. The van der Waals surface area contributed by atoms with Gasteiger partial charge in [0.25, 0.3) is 10.0 Å². The molecule has 0 unspecified atom stereocenters. The first kappa shape index (κ1) is 19.4. The summed E-state index contributed by atoms with van der Waals surface area (Å²) in [5, 5.41) is 0.535. The Hall–Kier alpha value is -2.89. The summed E-state index contributed by atoms with van der Waals surface area (Å²) in [5.41, 5.74) is 3.18. The first-order valence-corrected chi connectivity index (χ1v) is 10.9. The van der Waals surface area contributed by atoms with Crippen LogP contribution in [-0.4, -0.2) is 14.2 Å². The van der Waals surface area contributed by atoms with Crippen LogP contribution in [0.3, 0.4) is 0 Å². The van der Waals surface area contributed by atoms with Crippen molar-refractivity contribution < 1.29 is 13.2 Å². The van der Waals surface area contributed by atoms with Crippen molar-refractivity contribution in [2.45, 2.75) is 18.2 Å². The van der Waals surface area contributed by atoms with Crippen LogP contribution in [0.4, 0.5) is 5.69 Å². The van der Waals surface area contributed by atoms with Crippen LogP contribution in [0.2, 0.25) is 5.02 Å². The van der Waals surface area contributed by atoms with Crippen molar-refractivity contribution in [2.24, 2.45) is 0 Å². The summed E-state index contributed by atoms with van der Waals surface area (Å²) in [6.07, 6.45) is 1.80. The molecule has 1 aliphatic rings. The Balaban J connectivity index is 1.81. The molecule has 0 spiro atoms. The Morgan fingerprint density at radius 1 is 0.931 bits per heavy atom. The molecule has 4 nitrogen and oxygen atoms in total. The van der Waals surface area contributed by atoms with E-state index in [0.29, 0.717) is 28.3 Å². The summed E-state index contributed by atoms with van der Waals surface area (Å²) in [6.45, 7) is 1.90. The van der Waals surface area contributed by atoms with E-state index in [2.05, 4.69) is 0 Å². The second-order valence-corrected chi connectivity index (χ2v) is 9.16. The normalized spacial score (nSPS) is 13.6. The number of anilines is 1.